The summed E-state index contributed by atoms with van der Waals surface area (Å²) in [6.07, 6.45) is 3.10. The molecule has 0 spiro atoms. The summed E-state index contributed by atoms with van der Waals surface area (Å²) in [6.45, 7) is 6.87. The van der Waals surface area contributed by atoms with Crippen LogP contribution in [0.4, 0.5) is 0 Å². The fraction of sp³-hybridized carbons (Fsp3) is 0.471. The molecule has 0 saturated heterocycles. The van der Waals surface area contributed by atoms with Gasteiger partial charge in [0.2, 0.25) is 0 Å². The lowest BCUT2D eigenvalue weighted by molar-refractivity contribution is 0.0687. The predicted octanol–water partition coefficient (Wildman–Crippen LogP) is 3.36. The van der Waals surface area contributed by atoms with Gasteiger partial charge in [0.25, 0.3) is 0 Å². The Bertz CT molecular complexity index is 680. The lowest BCUT2D eigenvalue weighted by atomic mass is 10.1. The molecule has 124 valence electrons. The number of carbonyl (C=O) groups is 1. The number of carboxylic acid groups (broad SMARTS) is 1. The van der Waals surface area contributed by atoms with Crippen LogP contribution >= 0.6 is 0 Å². The average molecular weight is 317 g/mol. The number of benzene rings is 1. The summed E-state index contributed by atoms with van der Waals surface area (Å²) in [7, 11) is 0. The molecular formula is C17H23N3O3. The van der Waals surface area contributed by atoms with Gasteiger partial charge >= 0.3 is 5.97 Å². The van der Waals surface area contributed by atoms with Crippen LogP contribution in [0.1, 0.15) is 53.5 Å². The molecule has 0 aliphatic rings. The SMILES string of the molecule is CCCCCn1nnc(C(=O)O)c1COc1cc(C)ccc1C. The Morgan fingerprint density at radius 2 is 2.09 bits per heavy atom. The fourth-order valence-corrected chi connectivity index (χ4v) is 2.34. The van der Waals surface area contributed by atoms with E-state index in [0.29, 0.717) is 12.2 Å². The van der Waals surface area contributed by atoms with Crippen molar-refractivity contribution in [1.82, 2.24) is 15.0 Å². The summed E-state index contributed by atoms with van der Waals surface area (Å²) in [5.41, 5.74) is 2.58. The minimum Gasteiger partial charge on any atom is -0.487 e. The number of nitrogens with zero attached hydrogens (tertiary/aromatic N) is 3. The van der Waals surface area contributed by atoms with Gasteiger partial charge < -0.3 is 9.84 Å². The zero-order valence-electron chi connectivity index (χ0n) is 13.9. The normalized spacial score (nSPS) is 10.7. The van der Waals surface area contributed by atoms with Crippen LogP contribution in [-0.4, -0.2) is 26.1 Å². The molecule has 6 heteroatoms. The molecule has 0 unspecified atom stereocenters. The van der Waals surface area contributed by atoms with Gasteiger partial charge in [-0.25, -0.2) is 9.48 Å². The molecule has 0 atom stereocenters. The third-order valence-electron chi connectivity index (χ3n) is 3.72. The lowest BCUT2D eigenvalue weighted by Gasteiger charge is -2.11. The highest BCUT2D eigenvalue weighted by atomic mass is 16.5. The van der Waals surface area contributed by atoms with Gasteiger partial charge in [-0.3, -0.25) is 0 Å². The summed E-state index contributed by atoms with van der Waals surface area (Å²) < 4.78 is 7.48. The van der Waals surface area contributed by atoms with Gasteiger partial charge in [-0.2, -0.15) is 0 Å². The first-order valence-electron chi connectivity index (χ1n) is 7.88. The maximum atomic E-state index is 11.3. The van der Waals surface area contributed by atoms with E-state index in [4.69, 9.17) is 4.74 Å². The van der Waals surface area contributed by atoms with E-state index in [2.05, 4.69) is 17.2 Å². The van der Waals surface area contributed by atoms with Gasteiger partial charge in [-0.15, -0.1) is 5.10 Å². The zero-order chi connectivity index (χ0) is 16.8. The van der Waals surface area contributed by atoms with Crippen LogP contribution in [-0.2, 0) is 13.2 Å². The van der Waals surface area contributed by atoms with E-state index in [0.717, 1.165) is 36.1 Å². The fourth-order valence-electron chi connectivity index (χ4n) is 2.34. The van der Waals surface area contributed by atoms with E-state index < -0.39 is 5.97 Å². The second kappa shape index (κ2) is 7.76. The van der Waals surface area contributed by atoms with Gasteiger partial charge in [-0.1, -0.05) is 37.1 Å². The molecule has 0 bridgehead atoms. The number of hydrogen-bond donors (Lipinski definition) is 1. The number of rotatable bonds is 8. The molecule has 0 aliphatic heterocycles. The molecule has 0 fully saturated rings. The molecule has 1 N–H and O–H groups in total. The smallest absolute Gasteiger partial charge is 0.358 e. The Morgan fingerprint density at radius 1 is 1.30 bits per heavy atom. The molecule has 0 amide bonds. The molecule has 0 aliphatic carbocycles. The first kappa shape index (κ1) is 17.0. The van der Waals surface area contributed by atoms with Crippen LogP contribution in [0.3, 0.4) is 0 Å². The van der Waals surface area contributed by atoms with Gasteiger partial charge in [0.15, 0.2) is 5.69 Å². The second-order valence-corrected chi connectivity index (χ2v) is 5.68. The Balaban J connectivity index is 2.17. The van der Waals surface area contributed by atoms with Crippen LogP contribution in [0.2, 0.25) is 0 Å². The van der Waals surface area contributed by atoms with Crippen molar-refractivity contribution in [3.63, 3.8) is 0 Å². The highest BCUT2D eigenvalue weighted by molar-refractivity contribution is 5.86. The summed E-state index contributed by atoms with van der Waals surface area (Å²) in [4.78, 5) is 11.3. The van der Waals surface area contributed by atoms with E-state index >= 15 is 0 Å². The van der Waals surface area contributed by atoms with Crippen LogP contribution in [0.5, 0.6) is 5.75 Å². The Hall–Kier alpha value is -2.37. The van der Waals surface area contributed by atoms with Crippen LogP contribution < -0.4 is 4.74 Å². The number of hydrogen-bond acceptors (Lipinski definition) is 4. The largest absolute Gasteiger partial charge is 0.487 e. The summed E-state index contributed by atoms with van der Waals surface area (Å²) >= 11 is 0. The number of ether oxygens (including phenoxy) is 1. The van der Waals surface area contributed by atoms with E-state index in [-0.39, 0.29) is 12.3 Å². The molecule has 1 heterocycles. The highest BCUT2D eigenvalue weighted by Gasteiger charge is 2.19. The topological polar surface area (TPSA) is 77.2 Å². The Morgan fingerprint density at radius 3 is 2.78 bits per heavy atom. The molecule has 0 saturated carbocycles. The van der Waals surface area contributed by atoms with Crippen molar-refractivity contribution in [3.8, 4) is 5.75 Å². The van der Waals surface area contributed by atoms with Crippen molar-refractivity contribution in [3.05, 3.63) is 40.7 Å². The number of carboxylic acids is 1. The molecule has 1 aromatic heterocycles. The molecule has 23 heavy (non-hydrogen) atoms. The zero-order valence-corrected chi connectivity index (χ0v) is 13.9. The summed E-state index contributed by atoms with van der Waals surface area (Å²) in [5, 5.41) is 17.0. The number of aromatic carboxylic acids is 1. The maximum absolute atomic E-state index is 11.3. The standard InChI is InChI=1S/C17H23N3O3/c1-4-5-6-9-20-14(16(17(21)22)18-19-20)11-23-15-10-12(2)7-8-13(15)3/h7-8,10H,4-6,9,11H2,1-3H3,(H,21,22). The molecular weight excluding hydrogens is 294 g/mol. The number of aryl methyl sites for hydroxylation is 3. The van der Waals surface area contributed by atoms with Crippen LogP contribution in [0.15, 0.2) is 18.2 Å². The summed E-state index contributed by atoms with van der Waals surface area (Å²) in [6, 6.07) is 5.95. The molecule has 2 rings (SSSR count). The van der Waals surface area contributed by atoms with Gasteiger partial charge in [0.1, 0.15) is 18.1 Å². The quantitative estimate of drug-likeness (QED) is 0.755. The van der Waals surface area contributed by atoms with Crippen molar-refractivity contribution >= 4 is 5.97 Å². The molecule has 2 aromatic rings. The number of unbranched alkanes of at least 4 members (excludes halogenated alkanes) is 2. The lowest BCUT2D eigenvalue weighted by Crippen LogP contribution is -2.12. The first-order chi connectivity index (χ1) is 11.0. The van der Waals surface area contributed by atoms with Crippen molar-refractivity contribution < 1.29 is 14.6 Å². The van der Waals surface area contributed by atoms with E-state index in [1.165, 1.54) is 0 Å². The third kappa shape index (κ3) is 4.31. The Labute approximate surface area is 136 Å². The van der Waals surface area contributed by atoms with Crippen molar-refractivity contribution in [2.24, 2.45) is 0 Å². The monoisotopic (exact) mass is 317 g/mol. The predicted molar refractivity (Wildman–Crippen MR) is 86.8 cm³/mol. The van der Waals surface area contributed by atoms with Crippen molar-refractivity contribution in [2.45, 2.75) is 53.2 Å². The van der Waals surface area contributed by atoms with Gasteiger partial charge in [-0.05, 0) is 37.5 Å². The van der Waals surface area contributed by atoms with Crippen molar-refractivity contribution in [1.29, 1.82) is 0 Å². The number of aromatic nitrogens is 3. The van der Waals surface area contributed by atoms with Gasteiger partial charge in [0, 0.05) is 6.54 Å². The highest BCUT2D eigenvalue weighted by Crippen LogP contribution is 2.21. The molecule has 6 nitrogen and oxygen atoms in total. The molecule has 1 aromatic carbocycles. The van der Waals surface area contributed by atoms with E-state index in [1.54, 1.807) is 4.68 Å². The van der Waals surface area contributed by atoms with E-state index in [1.807, 2.05) is 32.0 Å². The maximum Gasteiger partial charge on any atom is 0.358 e. The van der Waals surface area contributed by atoms with Crippen molar-refractivity contribution in [2.75, 3.05) is 0 Å². The second-order valence-electron chi connectivity index (χ2n) is 5.68. The molecule has 0 radical (unpaired) electrons. The van der Waals surface area contributed by atoms with Crippen LogP contribution in [0.25, 0.3) is 0 Å². The van der Waals surface area contributed by atoms with Gasteiger partial charge in [0.05, 0.1) is 0 Å². The third-order valence-corrected chi connectivity index (χ3v) is 3.72. The van der Waals surface area contributed by atoms with Crippen LogP contribution in [0, 0.1) is 13.8 Å². The minimum atomic E-state index is -1.08. The first-order valence-corrected chi connectivity index (χ1v) is 7.88. The average Bonchev–Trinajstić information content (AvgIpc) is 2.92. The van der Waals surface area contributed by atoms with E-state index in [9.17, 15) is 9.90 Å². The summed E-state index contributed by atoms with van der Waals surface area (Å²) in [5.74, 6) is -0.325. The minimum absolute atomic E-state index is 0.0354. The Kier molecular flexibility index (Phi) is 5.73.